The first kappa shape index (κ1) is 12.5. The molecule has 1 N–H and O–H groups in total. The van der Waals surface area contributed by atoms with E-state index in [1.54, 1.807) is 13.0 Å². The summed E-state index contributed by atoms with van der Waals surface area (Å²) in [6, 6.07) is 1.82. The average Bonchev–Trinajstić information content (AvgIpc) is 2.95. The lowest BCUT2D eigenvalue weighted by atomic mass is 10.3. The minimum absolute atomic E-state index is 0.0502. The van der Waals surface area contributed by atoms with Crippen LogP contribution in [-0.4, -0.2) is 16.0 Å². The Morgan fingerprint density at radius 3 is 3.17 bits per heavy atom. The quantitative estimate of drug-likeness (QED) is 0.842. The van der Waals surface area contributed by atoms with Gasteiger partial charge < -0.3 is 9.84 Å². The summed E-state index contributed by atoms with van der Waals surface area (Å²) in [4.78, 5) is 16.6. The maximum absolute atomic E-state index is 11.6. The molecule has 1 amide bonds. The van der Waals surface area contributed by atoms with Gasteiger partial charge in [-0.05, 0) is 24.8 Å². The van der Waals surface area contributed by atoms with E-state index in [4.69, 9.17) is 4.52 Å². The highest BCUT2D eigenvalue weighted by Crippen LogP contribution is 2.32. The summed E-state index contributed by atoms with van der Waals surface area (Å²) in [5, 5.41) is 8.44. The highest BCUT2D eigenvalue weighted by molar-refractivity contribution is 7.14. The third kappa shape index (κ3) is 2.84. The summed E-state index contributed by atoms with van der Waals surface area (Å²) in [5.74, 6) is 0.953. The highest BCUT2D eigenvalue weighted by atomic mass is 32.1. The third-order valence-corrected chi connectivity index (χ3v) is 3.14. The molecular weight excluding hydrogens is 250 g/mol. The van der Waals surface area contributed by atoms with Gasteiger partial charge in [0.05, 0.1) is 5.69 Å². The number of aryl methyl sites for hydroxylation is 1. The number of rotatable bonds is 5. The van der Waals surface area contributed by atoms with E-state index in [2.05, 4.69) is 22.0 Å². The van der Waals surface area contributed by atoms with Crippen LogP contribution in [-0.2, 0) is 4.79 Å². The molecule has 0 aromatic carbocycles. The fourth-order valence-electron chi connectivity index (χ4n) is 1.41. The first-order valence-corrected chi connectivity index (χ1v) is 6.37. The number of carbonyl (C=O) groups excluding carboxylic acids is 1. The molecule has 0 fully saturated rings. The van der Waals surface area contributed by atoms with E-state index >= 15 is 0 Å². The summed E-state index contributed by atoms with van der Waals surface area (Å²) in [6.45, 7) is 5.34. The smallest absolute Gasteiger partial charge is 0.270 e. The zero-order chi connectivity index (χ0) is 13.0. The normalized spacial score (nSPS) is 10.3. The zero-order valence-electron chi connectivity index (χ0n) is 9.97. The number of aromatic nitrogens is 2. The van der Waals surface area contributed by atoms with Crippen molar-refractivity contribution in [1.29, 1.82) is 0 Å². The van der Waals surface area contributed by atoms with Crippen molar-refractivity contribution in [2.24, 2.45) is 0 Å². The van der Waals surface area contributed by atoms with Crippen LogP contribution >= 0.6 is 11.3 Å². The Hall–Kier alpha value is -1.95. The average molecular weight is 263 g/mol. The van der Waals surface area contributed by atoms with Crippen LogP contribution in [0.4, 0.5) is 5.69 Å². The largest absolute Gasteiger partial charge is 0.333 e. The van der Waals surface area contributed by atoms with Crippen LogP contribution in [0.15, 0.2) is 28.6 Å². The van der Waals surface area contributed by atoms with E-state index in [0.717, 1.165) is 4.88 Å². The Morgan fingerprint density at radius 1 is 1.67 bits per heavy atom. The molecule has 2 aromatic heterocycles. The number of thiophene rings is 1. The maximum atomic E-state index is 11.6. The standard InChI is InChI=1S/C12H13N3O2S/c1-3-4-5-10(16)14-9-6-7-18-11(9)12-13-8(2)15-17-12/h3,6-7H,1,4-5H2,2H3,(H,14,16). The fraction of sp³-hybridized carbons (Fsp3) is 0.250. The summed E-state index contributed by atoms with van der Waals surface area (Å²) in [5.41, 5.74) is 0.706. The van der Waals surface area contributed by atoms with Gasteiger partial charge in [0.2, 0.25) is 5.91 Å². The van der Waals surface area contributed by atoms with Gasteiger partial charge in [-0.15, -0.1) is 17.9 Å². The lowest BCUT2D eigenvalue weighted by Gasteiger charge is -2.02. The van der Waals surface area contributed by atoms with Crippen LogP contribution < -0.4 is 5.32 Å². The van der Waals surface area contributed by atoms with Gasteiger partial charge in [0.1, 0.15) is 4.88 Å². The molecule has 0 atom stereocenters. The van der Waals surface area contributed by atoms with Crippen LogP contribution in [0, 0.1) is 6.92 Å². The molecule has 0 saturated carbocycles. The molecule has 2 heterocycles. The molecule has 0 aliphatic heterocycles. The van der Waals surface area contributed by atoms with Crippen molar-refractivity contribution in [2.75, 3.05) is 5.32 Å². The van der Waals surface area contributed by atoms with E-state index < -0.39 is 0 Å². The first-order chi connectivity index (χ1) is 8.70. The molecule has 94 valence electrons. The summed E-state index contributed by atoms with van der Waals surface area (Å²) >= 11 is 1.45. The Bertz CT molecular complexity index is 559. The fourth-order valence-corrected chi connectivity index (χ4v) is 2.18. The van der Waals surface area contributed by atoms with Gasteiger partial charge in [-0.2, -0.15) is 4.98 Å². The van der Waals surface area contributed by atoms with Gasteiger partial charge in [0, 0.05) is 6.42 Å². The molecule has 6 heteroatoms. The Morgan fingerprint density at radius 2 is 2.50 bits per heavy atom. The molecular formula is C12H13N3O2S. The van der Waals surface area contributed by atoms with Gasteiger partial charge in [-0.1, -0.05) is 11.2 Å². The van der Waals surface area contributed by atoms with Crippen LogP contribution in [0.25, 0.3) is 10.8 Å². The first-order valence-electron chi connectivity index (χ1n) is 5.49. The van der Waals surface area contributed by atoms with Crippen LogP contribution in [0.5, 0.6) is 0 Å². The summed E-state index contributed by atoms with van der Waals surface area (Å²) in [7, 11) is 0. The van der Waals surface area contributed by atoms with Crippen molar-refractivity contribution in [1.82, 2.24) is 10.1 Å². The topological polar surface area (TPSA) is 68.0 Å². The number of allylic oxidation sites excluding steroid dienone is 1. The number of amides is 1. The Balaban J connectivity index is 2.13. The Kier molecular flexibility index (Phi) is 3.88. The predicted molar refractivity (Wildman–Crippen MR) is 70.4 cm³/mol. The minimum atomic E-state index is -0.0502. The number of nitrogens with zero attached hydrogens (tertiary/aromatic N) is 2. The van der Waals surface area contributed by atoms with E-state index in [1.807, 2.05) is 11.4 Å². The van der Waals surface area contributed by atoms with Crippen LogP contribution in [0.2, 0.25) is 0 Å². The van der Waals surface area contributed by atoms with Crippen molar-refractivity contribution < 1.29 is 9.32 Å². The monoisotopic (exact) mass is 263 g/mol. The molecule has 5 nitrogen and oxygen atoms in total. The molecule has 0 radical (unpaired) electrons. The van der Waals surface area contributed by atoms with Gasteiger partial charge >= 0.3 is 0 Å². The van der Waals surface area contributed by atoms with Gasteiger partial charge in [-0.3, -0.25) is 4.79 Å². The van der Waals surface area contributed by atoms with Crippen molar-refractivity contribution in [3.63, 3.8) is 0 Å². The van der Waals surface area contributed by atoms with E-state index in [0.29, 0.717) is 30.2 Å². The molecule has 0 aliphatic carbocycles. The number of hydrogen-bond donors (Lipinski definition) is 1. The van der Waals surface area contributed by atoms with E-state index in [-0.39, 0.29) is 5.91 Å². The van der Waals surface area contributed by atoms with Crippen LogP contribution in [0.1, 0.15) is 18.7 Å². The zero-order valence-corrected chi connectivity index (χ0v) is 10.8. The number of hydrogen-bond acceptors (Lipinski definition) is 5. The van der Waals surface area contributed by atoms with Crippen molar-refractivity contribution >= 4 is 22.9 Å². The number of carbonyl (C=O) groups is 1. The maximum Gasteiger partial charge on any atom is 0.270 e. The second-order valence-corrected chi connectivity index (χ2v) is 4.60. The Labute approximate surface area is 109 Å². The second kappa shape index (κ2) is 5.59. The SMILES string of the molecule is C=CCCC(=O)Nc1ccsc1-c1nc(C)no1. The van der Waals surface area contributed by atoms with Gasteiger partial charge in [0.25, 0.3) is 5.89 Å². The minimum Gasteiger partial charge on any atom is -0.333 e. The molecule has 0 bridgehead atoms. The lowest BCUT2D eigenvalue weighted by molar-refractivity contribution is -0.116. The van der Waals surface area contributed by atoms with Gasteiger partial charge in [0.15, 0.2) is 5.82 Å². The van der Waals surface area contributed by atoms with E-state index in [9.17, 15) is 4.79 Å². The highest BCUT2D eigenvalue weighted by Gasteiger charge is 2.14. The lowest BCUT2D eigenvalue weighted by Crippen LogP contribution is -2.10. The second-order valence-electron chi connectivity index (χ2n) is 3.69. The molecule has 2 rings (SSSR count). The summed E-state index contributed by atoms with van der Waals surface area (Å²) < 4.78 is 5.09. The number of nitrogens with one attached hydrogen (secondary N) is 1. The van der Waals surface area contributed by atoms with E-state index in [1.165, 1.54) is 11.3 Å². The molecule has 0 spiro atoms. The van der Waals surface area contributed by atoms with Crippen molar-refractivity contribution in [2.45, 2.75) is 19.8 Å². The molecule has 18 heavy (non-hydrogen) atoms. The summed E-state index contributed by atoms with van der Waals surface area (Å²) in [6.07, 6.45) is 2.79. The third-order valence-electron chi connectivity index (χ3n) is 2.24. The van der Waals surface area contributed by atoms with Crippen molar-refractivity contribution in [3.8, 4) is 10.8 Å². The molecule has 0 saturated heterocycles. The predicted octanol–water partition coefficient (Wildman–Crippen LogP) is 3.01. The molecule has 2 aromatic rings. The van der Waals surface area contributed by atoms with Crippen molar-refractivity contribution in [3.05, 3.63) is 29.9 Å². The van der Waals surface area contributed by atoms with Gasteiger partial charge in [-0.25, -0.2) is 0 Å². The van der Waals surface area contributed by atoms with Crippen LogP contribution in [0.3, 0.4) is 0 Å². The molecule has 0 unspecified atom stereocenters. The number of anilines is 1. The molecule has 0 aliphatic rings.